The fourth-order valence-corrected chi connectivity index (χ4v) is 2.45. The van der Waals surface area contributed by atoms with Crippen LogP contribution in [0.3, 0.4) is 0 Å². The van der Waals surface area contributed by atoms with Crippen molar-refractivity contribution >= 4 is 23.6 Å². The number of aliphatic carboxylic acids is 1. The van der Waals surface area contributed by atoms with Crippen LogP contribution in [0.25, 0.3) is 0 Å². The van der Waals surface area contributed by atoms with Crippen LogP contribution in [0.1, 0.15) is 28.4 Å². The van der Waals surface area contributed by atoms with Crippen molar-refractivity contribution < 1.29 is 14.7 Å². The molecule has 2 rings (SSSR count). The number of amides is 1. The number of carboxylic acid groups (broad SMARTS) is 1. The molecule has 0 radical (unpaired) electrons. The summed E-state index contributed by atoms with van der Waals surface area (Å²) in [7, 11) is 1.71. The van der Waals surface area contributed by atoms with Gasteiger partial charge in [0.2, 0.25) is 0 Å². The van der Waals surface area contributed by atoms with Crippen molar-refractivity contribution in [1.82, 2.24) is 15.1 Å². The molecule has 1 aromatic carbocycles. The Morgan fingerprint density at radius 1 is 1.36 bits per heavy atom. The Labute approximate surface area is 132 Å². The van der Waals surface area contributed by atoms with E-state index in [4.69, 9.17) is 5.11 Å². The van der Waals surface area contributed by atoms with Crippen LogP contribution < -0.4 is 5.32 Å². The zero-order valence-corrected chi connectivity index (χ0v) is 13.1. The van der Waals surface area contributed by atoms with Crippen LogP contribution in [-0.4, -0.2) is 33.0 Å². The normalized spacial score (nSPS) is 11.9. The van der Waals surface area contributed by atoms with E-state index >= 15 is 0 Å². The maximum Gasteiger partial charge on any atom is 0.305 e. The molecule has 22 heavy (non-hydrogen) atoms. The Hall–Kier alpha value is -2.28. The summed E-state index contributed by atoms with van der Waals surface area (Å²) in [4.78, 5) is 24.3. The molecule has 0 saturated carbocycles. The molecule has 0 fully saturated rings. The molecule has 7 heteroatoms. The number of benzene rings is 1. The number of aromatic nitrogens is 2. The van der Waals surface area contributed by atoms with Crippen molar-refractivity contribution in [3.63, 3.8) is 0 Å². The minimum Gasteiger partial charge on any atom is -0.481 e. The molecule has 1 atom stereocenters. The van der Waals surface area contributed by atoms with Gasteiger partial charge in [-0.05, 0) is 24.0 Å². The van der Waals surface area contributed by atoms with Crippen LogP contribution in [0.2, 0.25) is 0 Å². The molecule has 1 aromatic heterocycles. The van der Waals surface area contributed by atoms with Crippen LogP contribution in [-0.2, 0) is 11.8 Å². The molecule has 0 spiro atoms. The van der Waals surface area contributed by atoms with Crippen LogP contribution in [0, 0.1) is 0 Å². The molecule has 6 nitrogen and oxygen atoms in total. The zero-order valence-electron chi connectivity index (χ0n) is 12.3. The molecule has 0 saturated heterocycles. The van der Waals surface area contributed by atoms with Gasteiger partial charge in [-0.2, -0.15) is 5.10 Å². The quantitative estimate of drug-likeness (QED) is 0.797. The number of hydrogen-bond acceptors (Lipinski definition) is 4. The van der Waals surface area contributed by atoms with Crippen LogP contribution >= 0.6 is 11.8 Å². The molecular formula is C15H17N3O3S. The summed E-state index contributed by atoms with van der Waals surface area (Å²) in [5.74, 6) is -1.31. The maximum absolute atomic E-state index is 12.2. The van der Waals surface area contributed by atoms with E-state index in [2.05, 4.69) is 10.4 Å². The van der Waals surface area contributed by atoms with Gasteiger partial charge in [-0.25, -0.2) is 0 Å². The minimum atomic E-state index is -0.967. The smallest absolute Gasteiger partial charge is 0.305 e. The van der Waals surface area contributed by atoms with Gasteiger partial charge in [0.15, 0.2) is 0 Å². The summed E-state index contributed by atoms with van der Waals surface area (Å²) in [6.45, 7) is 0. The molecule has 1 unspecified atom stereocenters. The minimum absolute atomic E-state index is 0.176. The second kappa shape index (κ2) is 7.13. The lowest BCUT2D eigenvalue weighted by Gasteiger charge is -2.17. The highest BCUT2D eigenvalue weighted by Gasteiger charge is 2.19. The van der Waals surface area contributed by atoms with E-state index in [1.807, 2.05) is 30.5 Å². The molecule has 0 aliphatic heterocycles. The van der Waals surface area contributed by atoms with Crippen molar-refractivity contribution in [3.05, 3.63) is 47.8 Å². The summed E-state index contributed by atoms with van der Waals surface area (Å²) in [6, 6.07) is 6.91. The fourth-order valence-electron chi connectivity index (χ4n) is 2.04. The van der Waals surface area contributed by atoms with E-state index in [9.17, 15) is 9.59 Å². The highest BCUT2D eigenvalue weighted by Crippen LogP contribution is 2.21. The number of aryl methyl sites for hydroxylation is 1. The van der Waals surface area contributed by atoms with Gasteiger partial charge in [-0.3, -0.25) is 14.3 Å². The van der Waals surface area contributed by atoms with E-state index in [1.165, 1.54) is 10.9 Å². The van der Waals surface area contributed by atoms with Gasteiger partial charge in [0, 0.05) is 18.1 Å². The Morgan fingerprint density at radius 3 is 2.55 bits per heavy atom. The largest absolute Gasteiger partial charge is 0.481 e. The highest BCUT2D eigenvalue weighted by molar-refractivity contribution is 7.98. The number of nitrogens with zero attached hydrogens (tertiary/aromatic N) is 2. The van der Waals surface area contributed by atoms with E-state index in [1.54, 1.807) is 25.0 Å². The Balaban J connectivity index is 2.18. The lowest BCUT2D eigenvalue weighted by Crippen LogP contribution is -2.30. The standard InChI is InChI=1S/C15H17N3O3S/c1-18-9-11(8-16-18)15(21)17-13(7-14(19)20)10-3-5-12(22-2)6-4-10/h3-6,8-9,13H,7H2,1-2H3,(H,17,21)(H,19,20). The average molecular weight is 319 g/mol. The highest BCUT2D eigenvalue weighted by atomic mass is 32.2. The van der Waals surface area contributed by atoms with Gasteiger partial charge >= 0.3 is 5.97 Å². The fraction of sp³-hybridized carbons (Fsp3) is 0.267. The predicted octanol–water partition coefficient (Wildman–Crippen LogP) is 2.09. The molecule has 1 heterocycles. The third-order valence-corrected chi connectivity index (χ3v) is 3.91. The molecule has 2 aromatic rings. The van der Waals surface area contributed by atoms with E-state index < -0.39 is 12.0 Å². The second-order valence-electron chi connectivity index (χ2n) is 4.80. The van der Waals surface area contributed by atoms with Crippen molar-refractivity contribution in [3.8, 4) is 0 Å². The monoisotopic (exact) mass is 319 g/mol. The van der Waals surface area contributed by atoms with Crippen molar-refractivity contribution in [2.45, 2.75) is 17.4 Å². The first-order valence-corrected chi connectivity index (χ1v) is 7.87. The number of carbonyl (C=O) groups is 2. The molecular weight excluding hydrogens is 302 g/mol. The molecule has 0 aliphatic carbocycles. The van der Waals surface area contributed by atoms with Crippen molar-refractivity contribution in [2.75, 3.05) is 6.26 Å². The maximum atomic E-state index is 12.2. The van der Waals surface area contributed by atoms with Gasteiger partial charge in [0.25, 0.3) is 5.91 Å². The second-order valence-corrected chi connectivity index (χ2v) is 5.68. The van der Waals surface area contributed by atoms with Gasteiger partial charge in [-0.15, -0.1) is 11.8 Å². The van der Waals surface area contributed by atoms with Crippen molar-refractivity contribution in [1.29, 1.82) is 0 Å². The summed E-state index contributed by atoms with van der Waals surface area (Å²) in [5.41, 5.74) is 1.16. The molecule has 1 amide bonds. The van der Waals surface area contributed by atoms with Gasteiger partial charge in [0.05, 0.1) is 24.2 Å². The van der Waals surface area contributed by atoms with Crippen LogP contribution in [0.5, 0.6) is 0 Å². The average Bonchev–Trinajstić information content (AvgIpc) is 2.93. The Bertz CT molecular complexity index is 667. The molecule has 0 aliphatic rings. The summed E-state index contributed by atoms with van der Waals surface area (Å²) in [5, 5.41) is 15.8. The lowest BCUT2D eigenvalue weighted by molar-refractivity contribution is -0.137. The Morgan fingerprint density at radius 2 is 2.05 bits per heavy atom. The number of thioether (sulfide) groups is 1. The van der Waals surface area contributed by atoms with Crippen molar-refractivity contribution in [2.24, 2.45) is 7.05 Å². The number of carboxylic acids is 1. The molecule has 2 N–H and O–H groups in total. The predicted molar refractivity (Wildman–Crippen MR) is 83.9 cm³/mol. The van der Waals surface area contributed by atoms with Crippen LogP contribution in [0.15, 0.2) is 41.6 Å². The summed E-state index contributed by atoms with van der Waals surface area (Å²) in [6.07, 6.45) is 4.83. The number of hydrogen-bond donors (Lipinski definition) is 2. The van der Waals surface area contributed by atoms with E-state index in [-0.39, 0.29) is 12.3 Å². The first-order valence-electron chi connectivity index (χ1n) is 6.65. The van der Waals surface area contributed by atoms with Gasteiger partial charge < -0.3 is 10.4 Å². The van der Waals surface area contributed by atoms with Crippen LogP contribution in [0.4, 0.5) is 0 Å². The SMILES string of the molecule is CSc1ccc(C(CC(=O)O)NC(=O)c2cnn(C)c2)cc1. The van der Waals surface area contributed by atoms with E-state index in [0.29, 0.717) is 5.56 Å². The zero-order chi connectivity index (χ0) is 16.1. The summed E-state index contributed by atoms with van der Waals surface area (Å²) >= 11 is 1.60. The summed E-state index contributed by atoms with van der Waals surface area (Å²) < 4.78 is 1.52. The first-order chi connectivity index (χ1) is 10.5. The number of rotatable bonds is 6. The molecule has 116 valence electrons. The number of nitrogens with one attached hydrogen (secondary N) is 1. The first kappa shape index (κ1) is 16.1. The lowest BCUT2D eigenvalue weighted by atomic mass is 10.0. The van der Waals surface area contributed by atoms with E-state index in [0.717, 1.165) is 10.5 Å². The Kier molecular flexibility index (Phi) is 5.21. The van der Waals surface area contributed by atoms with Gasteiger partial charge in [0.1, 0.15) is 0 Å². The third-order valence-electron chi connectivity index (χ3n) is 3.17. The number of carbonyl (C=O) groups excluding carboxylic acids is 1. The topological polar surface area (TPSA) is 84.2 Å². The third kappa shape index (κ3) is 4.11. The molecule has 0 bridgehead atoms. The van der Waals surface area contributed by atoms with Gasteiger partial charge in [-0.1, -0.05) is 12.1 Å².